The highest BCUT2D eigenvalue weighted by molar-refractivity contribution is 6.27. The van der Waals surface area contributed by atoms with E-state index in [1.165, 1.54) is 184 Å². The minimum atomic E-state index is 1.29. The third-order valence-corrected chi connectivity index (χ3v) is 19.6. The number of hydrogen-bond acceptors (Lipinski definition) is 0. The van der Waals surface area contributed by atoms with Gasteiger partial charge in [-0.2, -0.15) is 0 Å². The maximum absolute atomic E-state index is 2.32. The van der Waals surface area contributed by atoms with Gasteiger partial charge >= 0.3 is 0 Å². The summed E-state index contributed by atoms with van der Waals surface area (Å²) in [6, 6.07) is 118. The largest absolute Gasteiger partial charge is 0.344 e. The molecule has 1 heterocycles. The van der Waals surface area contributed by atoms with Crippen molar-refractivity contribution >= 4 is 162 Å². The third kappa shape index (κ3) is 22.3. The highest BCUT2D eigenvalue weighted by atomic mass is 14.9. The quantitative estimate of drug-likeness (QED) is 0.133. The number of aryl methyl sites for hydroxylation is 5. The number of fused-ring (bicyclic) bond motifs is 26. The van der Waals surface area contributed by atoms with Crippen LogP contribution in [-0.2, 0) is 7.05 Å². The number of nitrogens with zero attached hydrogens (tertiary/aromatic N) is 1. The fourth-order valence-corrected chi connectivity index (χ4v) is 15.1. The van der Waals surface area contributed by atoms with Crippen molar-refractivity contribution in [3.05, 3.63) is 350 Å². The molecule has 0 N–H and O–H groups in total. The van der Waals surface area contributed by atoms with Crippen LogP contribution >= 0.6 is 0 Å². The fraction of sp³-hybridized carbons (Fsp3) is 0.248. The summed E-state index contributed by atoms with van der Waals surface area (Å²) in [7, 11) is 2.14. The van der Waals surface area contributed by atoms with Gasteiger partial charge in [-0.05, 0) is 203 Å². The van der Waals surface area contributed by atoms with E-state index in [9.17, 15) is 0 Å². The summed E-state index contributed by atoms with van der Waals surface area (Å²) in [4.78, 5) is 0. The molecule has 0 saturated heterocycles. The Bertz CT molecular complexity index is 6200. The minimum Gasteiger partial charge on any atom is -0.344 e. The van der Waals surface area contributed by atoms with Crippen LogP contribution in [0.3, 0.4) is 0 Å². The highest BCUT2D eigenvalue weighted by Crippen LogP contribution is 2.40. The van der Waals surface area contributed by atoms with Crippen molar-refractivity contribution in [1.29, 1.82) is 0 Å². The second-order valence-electron chi connectivity index (χ2n) is 25.3. The van der Waals surface area contributed by atoms with Crippen molar-refractivity contribution < 1.29 is 0 Å². The normalized spacial score (nSPS) is 9.74. The third-order valence-electron chi connectivity index (χ3n) is 19.6. The average Bonchev–Trinajstić information content (AvgIpc) is 1.29. The van der Waals surface area contributed by atoms with Gasteiger partial charge in [-0.25, -0.2) is 0 Å². The first-order valence-corrected chi connectivity index (χ1v) is 44.8. The van der Waals surface area contributed by atoms with E-state index < -0.39 is 0 Å². The van der Waals surface area contributed by atoms with Gasteiger partial charge in [0.1, 0.15) is 0 Å². The van der Waals surface area contributed by atoms with Gasteiger partial charge in [0.25, 0.3) is 0 Å². The summed E-state index contributed by atoms with van der Waals surface area (Å²) in [6.45, 7) is 56.8. The topological polar surface area (TPSA) is 4.93 Å². The van der Waals surface area contributed by atoms with Gasteiger partial charge in [-0.3, -0.25) is 0 Å². The molecule has 20 aromatic rings. The molecule has 614 valence electrons. The molecule has 0 aliphatic rings. The van der Waals surface area contributed by atoms with E-state index in [0.29, 0.717) is 0 Å². The summed E-state index contributed by atoms with van der Waals surface area (Å²) < 4.78 is 2.27. The van der Waals surface area contributed by atoms with Crippen molar-refractivity contribution in [1.82, 2.24) is 4.57 Å². The number of para-hydroxylation sites is 1. The lowest BCUT2D eigenvalue weighted by Crippen LogP contribution is -1.85. The molecule has 0 bridgehead atoms. The molecule has 0 unspecified atom stereocenters. The Labute approximate surface area is 712 Å². The maximum Gasteiger partial charge on any atom is 0.0495 e. The van der Waals surface area contributed by atoms with Crippen LogP contribution in [0.2, 0.25) is 0 Å². The van der Waals surface area contributed by atoms with Gasteiger partial charge in [-0.15, -0.1) is 0 Å². The van der Waals surface area contributed by atoms with E-state index in [0.717, 1.165) is 0 Å². The molecule has 0 amide bonds. The number of hydrogen-bond donors (Lipinski definition) is 0. The molecule has 0 fully saturated rings. The summed E-state index contributed by atoms with van der Waals surface area (Å²) >= 11 is 0. The Morgan fingerprint density at radius 2 is 0.424 bits per heavy atom. The first-order valence-electron chi connectivity index (χ1n) is 44.8. The van der Waals surface area contributed by atoms with Gasteiger partial charge in [-0.1, -0.05) is 481 Å². The summed E-state index contributed by atoms with van der Waals surface area (Å²) in [5.41, 5.74) is 7.95. The Balaban J connectivity index is 0.000000291. The van der Waals surface area contributed by atoms with Gasteiger partial charge in [0, 0.05) is 28.9 Å². The molecule has 0 radical (unpaired) electrons. The molecule has 118 heavy (non-hydrogen) atoms. The van der Waals surface area contributed by atoms with Crippen LogP contribution in [-0.4, -0.2) is 4.57 Å². The highest BCUT2D eigenvalue weighted by Gasteiger charge is 2.13. The lowest BCUT2D eigenvalue weighted by Gasteiger charge is -2.11. The lowest BCUT2D eigenvalue weighted by atomic mass is 9.92. The van der Waals surface area contributed by atoms with Crippen LogP contribution in [0.1, 0.15) is 188 Å². The zero-order valence-electron chi connectivity index (χ0n) is 77.6. The molecule has 0 aliphatic carbocycles. The van der Waals surface area contributed by atoms with Crippen molar-refractivity contribution in [3.8, 4) is 0 Å². The molecule has 0 spiro atoms. The molecular formula is C117H141N. The minimum absolute atomic E-state index is 1.29. The van der Waals surface area contributed by atoms with Crippen LogP contribution in [0.25, 0.3) is 162 Å². The van der Waals surface area contributed by atoms with Crippen molar-refractivity contribution in [2.75, 3.05) is 0 Å². The second kappa shape index (κ2) is 52.8. The van der Waals surface area contributed by atoms with E-state index in [4.69, 9.17) is 0 Å². The molecule has 0 atom stereocenters. The van der Waals surface area contributed by atoms with E-state index in [2.05, 4.69) is 367 Å². The van der Waals surface area contributed by atoms with Crippen LogP contribution in [0.15, 0.2) is 328 Å². The maximum atomic E-state index is 2.32. The van der Waals surface area contributed by atoms with Gasteiger partial charge in [0.05, 0.1) is 0 Å². The first kappa shape index (κ1) is 98.7. The average molecular weight is 1560 g/mol. The smallest absolute Gasteiger partial charge is 0.0495 e. The molecule has 1 aromatic heterocycles. The lowest BCUT2D eigenvalue weighted by molar-refractivity contribution is 1.02. The zero-order chi connectivity index (χ0) is 87.4. The van der Waals surface area contributed by atoms with E-state index in [1.54, 1.807) is 0 Å². The van der Waals surface area contributed by atoms with E-state index in [1.807, 2.05) is 166 Å². The van der Waals surface area contributed by atoms with Crippen LogP contribution < -0.4 is 0 Å². The predicted molar refractivity (Wildman–Crippen MR) is 549 cm³/mol. The number of aromatic nitrogens is 1. The second-order valence-corrected chi connectivity index (χ2v) is 25.3. The predicted octanol–water partition coefficient (Wildman–Crippen LogP) is 38.6. The van der Waals surface area contributed by atoms with Gasteiger partial charge in [0.15, 0.2) is 0 Å². The van der Waals surface area contributed by atoms with Crippen molar-refractivity contribution in [2.24, 2.45) is 7.05 Å². The molecule has 19 aromatic carbocycles. The fourth-order valence-electron chi connectivity index (χ4n) is 15.1. The monoisotopic (exact) mass is 1560 g/mol. The molecule has 0 saturated carbocycles. The molecule has 20 rings (SSSR count). The first-order chi connectivity index (χ1) is 58.2. The summed E-state index contributed by atoms with van der Waals surface area (Å²) in [6.07, 6.45) is 0. The standard InChI is InChI=1S/4C19H14.C17H13N.12C2H6/c1-13-12-15-7-3-4-8-16(15)18-11-10-14-6-2-5-9-17(14)19(13)18;1-13-7-6-12-18-16-9-3-2-8-14(16)15-10-4-5-11-17(15)19(13)18;1-13-12-19-16-8-3-2-6-14(16)10-11-18(19)17-9-5-4-7-15(13)17;1-13-10-11-18-16-8-3-2-6-14(16)15-7-4-5-9-17(15)19(18)12-13;1-18-16-9-5-4-8-14(16)15-10-12-6-2-3-7-13(12)11-17(15)18;12*1-2/h4*2-12H,1H3;2-11H,1H3;12*1-2H3. The summed E-state index contributed by atoms with van der Waals surface area (Å²) in [5, 5.41) is 37.6. The van der Waals surface area contributed by atoms with Crippen LogP contribution in [0.5, 0.6) is 0 Å². The van der Waals surface area contributed by atoms with Gasteiger partial charge in [0.2, 0.25) is 0 Å². The Morgan fingerprint density at radius 3 is 0.890 bits per heavy atom. The Hall–Kier alpha value is -11.6. The van der Waals surface area contributed by atoms with Crippen molar-refractivity contribution in [3.63, 3.8) is 0 Å². The van der Waals surface area contributed by atoms with Crippen LogP contribution in [0, 0.1) is 27.7 Å². The number of rotatable bonds is 0. The van der Waals surface area contributed by atoms with Gasteiger partial charge < -0.3 is 4.57 Å². The summed E-state index contributed by atoms with van der Waals surface area (Å²) in [5.74, 6) is 0. The molecular weight excluding hydrogens is 1420 g/mol. The van der Waals surface area contributed by atoms with Crippen LogP contribution in [0.4, 0.5) is 0 Å². The Kier molecular flexibility index (Phi) is 44.2. The SMILES string of the molecule is CC.CC.CC.CC.CC.CC.CC.CC.CC.CC.CC.CC.Cc1cc2c3ccccc3ccc2c2ccccc12.Cc1cc2ccccc2c2ccc3ccccc3c12.Cc1ccc2c3ccccc3c3ccccc3c2c1.Cc1cccc2c3ccccc3c3ccccc3c12.Cn1c2ccccc2c2cc3ccccc3cc21. The van der Waals surface area contributed by atoms with E-state index >= 15 is 0 Å². The molecule has 1 nitrogen and oxygen atoms in total. The number of benzene rings is 19. The Morgan fingerprint density at radius 1 is 0.144 bits per heavy atom. The molecule has 0 aliphatic heterocycles. The zero-order valence-corrected chi connectivity index (χ0v) is 77.6. The van der Waals surface area contributed by atoms with Crippen molar-refractivity contribution in [2.45, 2.75) is 194 Å². The molecule has 1 heteroatoms. The van der Waals surface area contributed by atoms with E-state index in [-0.39, 0.29) is 0 Å².